The van der Waals surface area contributed by atoms with Gasteiger partial charge in [-0.2, -0.15) is 10.1 Å². The van der Waals surface area contributed by atoms with Gasteiger partial charge in [-0.15, -0.1) is 0 Å². The van der Waals surface area contributed by atoms with E-state index in [1.54, 1.807) is 29.1 Å². The number of rotatable bonds is 5. The number of hydrogen-bond donors (Lipinski definition) is 0. The predicted molar refractivity (Wildman–Crippen MR) is 101 cm³/mol. The Labute approximate surface area is 161 Å². The van der Waals surface area contributed by atoms with E-state index in [1.807, 2.05) is 6.20 Å². The summed E-state index contributed by atoms with van der Waals surface area (Å²) in [6, 6.07) is 5.35. The lowest BCUT2D eigenvalue weighted by Crippen LogP contribution is -2.41. The maximum absolute atomic E-state index is 12.6. The molecule has 3 aromatic rings. The van der Waals surface area contributed by atoms with Gasteiger partial charge >= 0.3 is 0 Å². The van der Waals surface area contributed by atoms with E-state index in [0.29, 0.717) is 24.0 Å². The summed E-state index contributed by atoms with van der Waals surface area (Å²) >= 11 is 0. The first-order chi connectivity index (χ1) is 13.8. The Morgan fingerprint density at radius 1 is 1.21 bits per heavy atom. The Bertz CT molecular complexity index is 991. The summed E-state index contributed by atoms with van der Waals surface area (Å²) in [5.74, 6) is 1.58. The minimum Gasteiger partial charge on any atom is -0.461 e. The first-order valence-electron chi connectivity index (χ1n) is 9.69. The number of aromatic nitrogens is 4. The van der Waals surface area contributed by atoms with Crippen LogP contribution in [0.1, 0.15) is 31.2 Å². The molecule has 0 bridgehead atoms. The van der Waals surface area contributed by atoms with Crippen molar-refractivity contribution in [3.63, 3.8) is 0 Å². The Hall–Kier alpha value is -2.94. The number of nitrogens with zero attached hydrogens (tertiary/aromatic N) is 6. The quantitative estimate of drug-likeness (QED) is 0.661. The highest BCUT2D eigenvalue weighted by molar-refractivity contribution is 5.45. The van der Waals surface area contributed by atoms with Crippen LogP contribution in [0.3, 0.4) is 0 Å². The molecule has 2 saturated heterocycles. The van der Waals surface area contributed by atoms with Gasteiger partial charge in [-0.1, -0.05) is 5.16 Å². The summed E-state index contributed by atoms with van der Waals surface area (Å²) in [7, 11) is 0. The molecule has 1 atom stereocenters. The van der Waals surface area contributed by atoms with Gasteiger partial charge in [0, 0.05) is 25.7 Å². The average molecular weight is 382 g/mol. The number of hydrogen-bond acceptors (Lipinski definition) is 8. The predicted octanol–water partition coefficient (Wildman–Crippen LogP) is 1.93. The average Bonchev–Trinajstić information content (AvgIpc) is 3.32. The second kappa shape index (κ2) is 7.23. The highest BCUT2D eigenvalue weighted by atomic mass is 16.5. The fourth-order valence-electron chi connectivity index (χ4n) is 3.82. The first-order valence-corrected chi connectivity index (χ1v) is 9.69. The maximum atomic E-state index is 12.6. The van der Waals surface area contributed by atoms with Crippen LogP contribution in [0.4, 0.5) is 5.69 Å². The fraction of sp³-hybridized carbons (Fsp3) is 0.474. The van der Waals surface area contributed by atoms with Crippen molar-refractivity contribution in [2.45, 2.75) is 31.8 Å². The van der Waals surface area contributed by atoms with Gasteiger partial charge in [-0.3, -0.25) is 9.69 Å². The van der Waals surface area contributed by atoms with E-state index >= 15 is 0 Å². The molecule has 2 fully saturated rings. The lowest BCUT2D eigenvalue weighted by molar-refractivity contribution is 0.144. The lowest BCUT2D eigenvalue weighted by Gasteiger charge is -2.34. The van der Waals surface area contributed by atoms with Crippen LogP contribution in [-0.2, 0) is 6.54 Å². The van der Waals surface area contributed by atoms with E-state index in [1.165, 1.54) is 6.42 Å². The molecule has 9 heteroatoms. The third-order valence-corrected chi connectivity index (χ3v) is 5.43. The molecule has 0 unspecified atom stereocenters. The summed E-state index contributed by atoms with van der Waals surface area (Å²) in [5, 5.41) is 8.43. The van der Waals surface area contributed by atoms with Crippen molar-refractivity contribution in [1.29, 1.82) is 0 Å². The molecule has 9 nitrogen and oxygen atoms in total. The van der Waals surface area contributed by atoms with E-state index in [9.17, 15) is 4.79 Å². The number of likely N-dealkylation sites (tertiary alicyclic amines) is 1. The summed E-state index contributed by atoms with van der Waals surface area (Å²) in [6.07, 6.45) is 6.50. The van der Waals surface area contributed by atoms with Gasteiger partial charge in [0.1, 0.15) is 0 Å². The SMILES string of the molecule is O=c1cc(N2CCC2)cnn1[C@H]1CCCN(Cc2nc(-c3ccco3)no2)C1. The molecular formula is C19H22N6O3. The lowest BCUT2D eigenvalue weighted by atomic mass is 10.1. The van der Waals surface area contributed by atoms with Crippen molar-refractivity contribution in [2.24, 2.45) is 0 Å². The minimum atomic E-state index is -0.0332. The van der Waals surface area contributed by atoms with Crippen LogP contribution in [0.25, 0.3) is 11.6 Å². The highest BCUT2D eigenvalue weighted by Crippen LogP contribution is 2.23. The molecule has 2 aliphatic heterocycles. The summed E-state index contributed by atoms with van der Waals surface area (Å²) < 4.78 is 12.3. The molecular weight excluding hydrogens is 360 g/mol. The molecule has 0 amide bonds. The summed E-state index contributed by atoms with van der Waals surface area (Å²) in [4.78, 5) is 21.4. The van der Waals surface area contributed by atoms with Crippen molar-refractivity contribution >= 4 is 5.69 Å². The zero-order valence-corrected chi connectivity index (χ0v) is 15.5. The zero-order chi connectivity index (χ0) is 18.9. The van der Waals surface area contributed by atoms with E-state index in [-0.39, 0.29) is 11.6 Å². The highest BCUT2D eigenvalue weighted by Gasteiger charge is 2.25. The largest absolute Gasteiger partial charge is 0.461 e. The van der Waals surface area contributed by atoms with Gasteiger partial charge in [0.05, 0.1) is 30.7 Å². The Morgan fingerprint density at radius 2 is 2.14 bits per heavy atom. The van der Waals surface area contributed by atoms with Crippen LogP contribution < -0.4 is 10.5 Å². The van der Waals surface area contributed by atoms with Gasteiger partial charge in [0.15, 0.2) is 5.76 Å². The normalized spacial score (nSPS) is 20.3. The molecule has 0 saturated carbocycles. The molecule has 28 heavy (non-hydrogen) atoms. The maximum Gasteiger partial charge on any atom is 0.269 e. The van der Waals surface area contributed by atoms with E-state index in [0.717, 1.165) is 44.7 Å². The Morgan fingerprint density at radius 3 is 2.89 bits per heavy atom. The van der Waals surface area contributed by atoms with Gasteiger partial charge in [-0.05, 0) is 37.9 Å². The zero-order valence-electron chi connectivity index (χ0n) is 15.5. The van der Waals surface area contributed by atoms with E-state index in [4.69, 9.17) is 8.94 Å². The third kappa shape index (κ3) is 3.33. The van der Waals surface area contributed by atoms with Crippen LogP contribution in [0.2, 0.25) is 0 Å². The van der Waals surface area contributed by atoms with Crippen LogP contribution in [-0.4, -0.2) is 51.0 Å². The molecule has 0 radical (unpaired) electrons. The van der Waals surface area contributed by atoms with Crippen molar-refractivity contribution in [1.82, 2.24) is 24.8 Å². The Kier molecular flexibility index (Phi) is 4.44. The molecule has 5 heterocycles. The van der Waals surface area contributed by atoms with Gasteiger partial charge < -0.3 is 13.8 Å². The monoisotopic (exact) mass is 382 g/mol. The topological polar surface area (TPSA) is 93.4 Å². The molecule has 146 valence electrons. The van der Waals surface area contributed by atoms with E-state index < -0.39 is 0 Å². The third-order valence-electron chi connectivity index (χ3n) is 5.43. The van der Waals surface area contributed by atoms with Crippen LogP contribution in [0.5, 0.6) is 0 Å². The van der Waals surface area contributed by atoms with Crippen molar-refractivity contribution in [2.75, 3.05) is 31.1 Å². The molecule has 5 rings (SSSR count). The summed E-state index contributed by atoms with van der Waals surface area (Å²) in [6.45, 7) is 4.22. The van der Waals surface area contributed by atoms with Gasteiger partial charge in [-0.25, -0.2) is 4.68 Å². The van der Waals surface area contributed by atoms with Crippen LogP contribution in [0.15, 0.2) is 44.4 Å². The first kappa shape index (κ1) is 17.2. The van der Waals surface area contributed by atoms with Crippen molar-refractivity contribution in [3.05, 3.63) is 46.9 Å². The second-order valence-electron chi connectivity index (χ2n) is 7.36. The van der Waals surface area contributed by atoms with E-state index in [2.05, 4.69) is 25.0 Å². The van der Waals surface area contributed by atoms with Crippen LogP contribution >= 0.6 is 0 Å². The fourth-order valence-corrected chi connectivity index (χ4v) is 3.82. The minimum absolute atomic E-state index is 0.0332. The van der Waals surface area contributed by atoms with Crippen LogP contribution in [0, 0.1) is 0 Å². The van der Waals surface area contributed by atoms with Crippen molar-refractivity contribution < 1.29 is 8.94 Å². The van der Waals surface area contributed by atoms with Gasteiger partial charge in [0.25, 0.3) is 5.56 Å². The molecule has 0 N–H and O–H groups in total. The number of furan rings is 1. The number of anilines is 1. The molecule has 0 spiro atoms. The van der Waals surface area contributed by atoms with Crippen molar-refractivity contribution in [3.8, 4) is 11.6 Å². The molecule has 0 aliphatic carbocycles. The standard InChI is InChI=1S/C19H22N6O3/c26-18-10-15(24-7-3-8-24)11-20-25(18)14-4-1-6-23(12-14)13-17-21-19(22-28-17)16-5-2-9-27-16/h2,5,9-11,14H,1,3-4,6-8,12-13H2/t14-/m0/s1. The number of piperidine rings is 1. The smallest absolute Gasteiger partial charge is 0.269 e. The molecule has 3 aromatic heterocycles. The Balaban J connectivity index is 1.27. The molecule has 2 aliphatic rings. The second-order valence-corrected chi connectivity index (χ2v) is 7.36. The summed E-state index contributed by atoms with van der Waals surface area (Å²) in [5.41, 5.74) is 0.894. The molecule has 0 aromatic carbocycles. The van der Waals surface area contributed by atoms with Gasteiger partial charge in [0.2, 0.25) is 11.7 Å².